The fraction of sp³-hybridized carbons (Fsp3) is 0.286. The van der Waals surface area contributed by atoms with E-state index in [4.69, 9.17) is 5.21 Å². The van der Waals surface area contributed by atoms with E-state index in [0.717, 1.165) is 5.56 Å². The van der Waals surface area contributed by atoms with Crippen LogP contribution in [0.1, 0.15) is 18.4 Å². The number of hydroxylamine groups is 1. The Bertz CT molecular complexity index is 497. The van der Waals surface area contributed by atoms with Crippen molar-refractivity contribution in [3.8, 4) is 0 Å². The monoisotopic (exact) mass is 260 g/mol. The number of hydrogen-bond acceptors (Lipinski definition) is 3. The molecule has 100 valence electrons. The van der Waals surface area contributed by atoms with Gasteiger partial charge in [-0.15, -0.1) is 0 Å². The normalized spacial score (nSPS) is 14.5. The van der Waals surface area contributed by atoms with Crippen molar-refractivity contribution in [2.45, 2.75) is 19.4 Å². The molecule has 5 nitrogen and oxygen atoms in total. The summed E-state index contributed by atoms with van der Waals surface area (Å²) in [7, 11) is 0. The first kappa shape index (κ1) is 13.3. The van der Waals surface area contributed by atoms with Crippen LogP contribution in [0.2, 0.25) is 0 Å². The zero-order valence-electron chi connectivity index (χ0n) is 10.5. The van der Waals surface area contributed by atoms with E-state index in [9.17, 15) is 9.59 Å². The fourth-order valence-corrected chi connectivity index (χ4v) is 2.05. The van der Waals surface area contributed by atoms with Gasteiger partial charge in [0, 0.05) is 25.1 Å². The smallest absolute Gasteiger partial charge is 0.250 e. The topological polar surface area (TPSA) is 69.6 Å². The van der Waals surface area contributed by atoms with E-state index in [0.29, 0.717) is 25.1 Å². The zero-order valence-corrected chi connectivity index (χ0v) is 10.5. The van der Waals surface area contributed by atoms with Crippen molar-refractivity contribution in [2.75, 3.05) is 6.54 Å². The summed E-state index contributed by atoms with van der Waals surface area (Å²) in [4.78, 5) is 24.7. The first-order valence-electron chi connectivity index (χ1n) is 6.16. The van der Waals surface area contributed by atoms with Crippen molar-refractivity contribution in [2.24, 2.45) is 0 Å². The van der Waals surface area contributed by atoms with E-state index >= 15 is 0 Å². The molecule has 0 spiro atoms. The summed E-state index contributed by atoms with van der Waals surface area (Å²) in [5.74, 6) is -0.509. The van der Waals surface area contributed by atoms with Gasteiger partial charge in [-0.1, -0.05) is 36.4 Å². The molecule has 5 heteroatoms. The van der Waals surface area contributed by atoms with Crippen LogP contribution in [0.15, 0.2) is 42.0 Å². The second-order valence-corrected chi connectivity index (χ2v) is 4.44. The lowest BCUT2D eigenvalue weighted by Gasteiger charge is -2.16. The van der Waals surface area contributed by atoms with Gasteiger partial charge < -0.3 is 4.90 Å². The van der Waals surface area contributed by atoms with Crippen molar-refractivity contribution >= 4 is 11.8 Å². The average Bonchev–Trinajstić information content (AvgIpc) is 2.78. The highest BCUT2D eigenvalue weighted by molar-refractivity contribution is 5.96. The molecule has 1 aromatic rings. The van der Waals surface area contributed by atoms with Crippen LogP contribution >= 0.6 is 0 Å². The molecule has 0 aliphatic carbocycles. The van der Waals surface area contributed by atoms with Crippen molar-refractivity contribution in [1.29, 1.82) is 0 Å². The van der Waals surface area contributed by atoms with Crippen LogP contribution in [0.5, 0.6) is 0 Å². The van der Waals surface area contributed by atoms with Crippen LogP contribution in [0.4, 0.5) is 0 Å². The lowest BCUT2D eigenvalue weighted by atomic mass is 10.1. The number of carbonyl (C=O) groups is 2. The van der Waals surface area contributed by atoms with E-state index in [2.05, 4.69) is 0 Å². The van der Waals surface area contributed by atoms with Gasteiger partial charge in [-0.05, 0) is 12.0 Å². The molecule has 0 aromatic heterocycles. The van der Waals surface area contributed by atoms with Crippen LogP contribution in [-0.2, 0) is 16.1 Å². The Hall–Kier alpha value is -2.14. The Kier molecular flexibility index (Phi) is 4.30. The van der Waals surface area contributed by atoms with Crippen LogP contribution in [-0.4, -0.2) is 28.5 Å². The summed E-state index contributed by atoms with van der Waals surface area (Å²) in [5, 5.41) is 8.41. The summed E-state index contributed by atoms with van der Waals surface area (Å²) in [6, 6.07) is 9.77. The molecule has 0 saturated carbocycles. The average molecular weight is 260 g/mol. The maximum Gasteiger partial charge on any atom is 0.250 e. The molecule has 1 aliphatic heterocycles. The van der Waals surface area contributed by atoms with Crippen LogP contribution in [0.25, 0.3) is 0 Å². The van der Waals surface area contributed by atoms with Crippen molar-refractivity contribution in [3.63, 3.8) is 0 Å². The molecule has 1 heterocycles. The van der Waals surface area contributed by atoms with Crippen molar-refractivity contribution in [1.82, 2.24) is 10.4 Å². The molecular formula is C14H16N2O3. The zero-order chi connectivity index (χ0) is 13.7. The molecule has 0 radical (unpaired) electrons. The van der Waals surface area contributed by atoms with Crippen LogP contribution in [0, 0.1) is 0 Å². The van der Waals surface area contributed by atoms with E-state index in [-0.39, 0.29) is 12.3 Å². The number of nitrogens with zero attached hydrogens (tertiary/aromatic N) is 1. The quantitative estimate of drug-likeness (QED) is 0.618. The number of rotatable bonds is 5. The first-order chi connectivity index (χ1) is 9.20. The highest BCUT2D eigenvalue weighted by Gasteiger charge is 2.23. The second kappa shape index (κ2) is 6.15. The molecule has 2 N–H and O–H groups in total. The fourth-order valence-electron chi connectivity index (χ4n) is 2.05. The molecule has 0 unspecified atom stereocenters. The Balaban J connectivity index is 1.88. The minimum absolute atomic E-state index is 0.0328. The summed E-state index contributed by atoms with van der Waals surface area (Å²) in [5.41, 5.74) is 3.28. The molecule has 0 saturated heterocycles. The third-order valence-corrected chi connectivity index (χ3v) is 3.08. The van der Waals surface area contributed by atoms with Gasteiger partial charge in [-0.2, -0.15) is 0 Å². The van der Waals surface area contributed by atoms with E-state index in [1.807, 2.05) is 36.4 Å². The Morgan fingerprint density at radius 3 is 2.74 bits per heavy atom. The highest BCUT2D eigenvalue weighted by Crippen LogP contribution is 2.18. The van der Waals surface area contributed by atoms with Crippen LogP contribution < -0.4 is 5.48 Å². The van der Waals surface area contributed by atoms with Gasteiger partial charge in [-0.3, -0.25) is 14.8 Å². The Morgan fingerprint density at radius 1 is 1.32 bits per heavy atom. The molecule has 19 heavy (non-hydrogen) atoms. The van der Waals surface area contributed by atoms with E-state index in [1.165, 1.54) is 0 Å². The van der Waals surface area contributed by atoms with Crippen molar-refractivity contribution < 1.29 is 14.8 Å². The molecule has 1 aromatic carbocycles. The van der Waals surface area contributed by atoms with Crippen LogP contribution in [0.3, 0.4) is 0 Å². The Labute approximate surface area is 111 Å². The molecule has 0 fully saturated rings. The summed E-state index contributed by atoms with van der Waals surface area (Å²) < 4.78 is 0. The SMILES string of the molecule is O=C(CCC1=CCN(Cc2ccccc2)C1=O)NO. The van der Waals surface area contributed by atoms with E-state index < -0.39 is 5.91 Å². The number of hydrogen-bond donors (Lipinski definition) is 2. The predicted molar refractivity (Wildman–Crippen MR) is 69.1 cm³/mol. The lowest BCUT2D eigenvalue weighted by molar-refractivity contribution is -0.129. The standard InChI is InChI=1S/C14H16N2O3/c17-13(15-19)7-6-12-8-9-16(14(12)18)10-11-4-2-1-3-5-11/h1-5,8,19H,6-7,9-10H2,(H,15,17). The van der Waals surface area contributed by atoms with Gasteiger partial charge in [0.2, 0.25) is 11.8 Å². The molecule has 2 rings (SSSR count). The van der Waals surface area contributed by atoms with Gasteiger partial charge in [0.1, 0.15) is 0 Å². The maximum absolute atomic E-state index is 12.1. The largest absolute Gasteiger partial charge is 0.331 e. The number of nitrogens with one attached hydrogen (secondary N) is 1. The third-order valence-electron chi connectivity index (χ3n) is 3.08. The summed E-state index contributed by atoms with van der Waals surface area (Å²) in [6.07, 6.45) is 2.32. The van der Waals surface area contributed by atoms with Gasteiger partial charge in [0.25, 0.3) is 0 Å². The van der Waals surface area contributed by atoms with Gasteiger partial charge in [0.05, 0.1) is 0 Å². The Morgan fingerprint density at radius 2 is 2.05 bits per heavy atom. The first-order valence-corrected chi connectivity index (χ1v) is 6.16. The number of amides is 2. The lowest BCUT2D eigenvalue weighted by Crippen LogP contribution is -2.27. The molecule has 0 bridgehead atoms. The second-order valence-electron chi connectivity index (χ2n) is 4.44. The maximum atomic E-state index is 12.1. The van der Waals surface area contributed by atoms with Crippen molar-refractivity contribution in [3.05, 3.63) is 47.5 Å². The molecule has 0 atom stereocenters. The minimum atomic E-state index is -0.477. The van der Waals surface area contributed by atoms with Gasteiger partial charge in [0.15, 0.2) is 0 Å². The van der Waals surface area contributed by atoms with Gasteiger partial charge >= 0.3 is 0 Å². The number of carbonyl (C=O) groups excluding carboxylic acids is 2. The third kappa shape index (κ3) is 3.42. The number of benzene rings is 1. The highest BCUT2D eigenvalue weighted by atomic mass is 16.5. The molecule has 1 aliphatic rings. The summed E-state index contributed by atoms with van der Waals surface area (Å²) in [6.45, 7) is 1.15. The minimum Gasteiger partial charge on any atom is -0.331 e. The van der Waals surface area contributed by atoms with Gasteiger partial charge in [-0.25, -0.2) is 5.48 Å². The van der Waals surface area contributed by atoms with E-state index in [1.54, 1.807) is 10.4 Å². The summed E-state index contributed by atoms with van der Waals surface area (Å²) >= 11 is 0. The molecular weight excluding hydrogens is 244 g/mol. The molecule has 2 amide bonds. The predicted octanol–water partition coefficient (Wildman–Crippen LogP) is 1.24.